The summed E-state index contributed by atoms with van der Waals surface area (Å²) in [4.78, 5) is 30.1. The summed E-state index contributed by atoms with van der Waals surface area (Å²) < 4.78 is 0. The number of hydrogen-bond donors (Lipinski definition) is 1. The maximum atomic E-state index is 12.9. The van der Waals surface area contributed by atoms with Crippen LogP contribution in [0.15, 0.2) is 30.5 Å². The zero-order chi connectivity index (χ0) is 16.6. The van der Waals surface area contributed by atoms with E-state index in [4.69, 9.17) is 11.6 Å². The molecule has 1 amide bonds. The minimum Gasteiger partial charge on any atom is -0.481 e. The summed E-state index contributed by atoms with van der Waals surface area (Å²) in [6.07, 6.45) is 2.11. The molecular formula is C17H17ClN2O3. The van der Waals surface area contributed by atoms with E-state index >= 15 is 0 Å². The van der Waals surface area contributed by atoms with Crippen molar-refractivity contribution in [1.82, 2.24) is 9.88 Å². The highest BCUT2D eigenvalue weighted by atomic mass is 35.5. The number of amides is 1. The Morgan fingerprint density at radius 3 is 2.87 bits per heavy atom. The molecule has 0 radical (unpaired) electrons. The number of pyridine rings is 1. The van der Waals surface area contributed by atoms with E-state index in [2.05, 4.69) is 4.98 Å². The third kappa shape index (κ3) is 3.01. The van der Waals surface area contributed by atoms with Crippen molar-refractivity contribution >= 4 is 34.4 Å². The molecule has 0 aliphatic carbocycles. The maximum Gasteiger partial charge on any atom is 0.306 e. The topological polar surface area (TPSA) is 70.5 Å². The first-order valence-corrected chi connectivity index (χ1v) is 7.91. The highest BCUT2D eigenvalue weighted by Gasteiger charge is 2.33. The SMILES string of the molecule is CC1CN(C(=O)c2cc(Cl)cc3cccnc23)CCC1C(=O)O. The van der Waals surface area contributed by atoms with Gasteiger partial charge in [0.05, 0.1) is 17.0 Å². The van der Waals surface area contributed by atoms with Gasteiger partial charge in [-0.15, -0.1) is 0 Å². The van der Waals surface area contributed by atoms with Crippen LogP contribution in [0.4, 0.5) is 0 Å². The van der Waals surface area contributed by atoms with Crippen molar-refractivity contribution in [1.29, 1.82) is 0 Å². The number of benzene rings is 1. The third-order valence-corrected chi connectivity index (χ3v) is 4.63. The minimum atomic E-state index is -0.792. The maximum absolute atomic E-state index is 12.9. The van der Waals surface area contributed by atoms with Gasteiger partial charge in [0.2, 0.25) is 0 Å². The second-order valence-electron chi connectivity index (χ2n) is 5.99. The van der Waals surface area contributed by atoms with Gasteiger partial charge in [0.15, 0.2) is 0 Å². The van der Waals surface area contributed by atoms with E-state index in [1.54, 1.807) is 29.3 Å². The summed E-state index contributed by atoms with van der Waals surface area (Å²) in [5, 5.41) is 10.5. The molecule has 1 aliphatic rings. The fourth-order valence-electron chi connectivity index (χ4n) is 3.19. The number of nitrogens with zero attached hydrogens (tertiary/aromatic N) is 2. The minimum absolute atomic E-state index is 0.0800. The third-order valence-electron chi connectivity index (χ3n) is 4.41. The summed E-state index contributed by atoms with van der Waals surface area (Å²) in [6.45, 7) is 2.73. The number of carboxylic acid groups (broad SMARTS) is 1. The Hall–Kier alpha value is -2.14. The standard InChI is InChI=1S/C17H17ClN2O3/c1-10-9-20(6-4-13(10)17(22)23)16(21)14-8-12(18)7-11-3-2-5-19-15(11)14/h2-3,5,7-8,10,13H,4,6,9H2,1H3,(H,22,23). The van der Waals surface area contributed by atoms with E-state index < -0.39 is 11.9 Å². The summed E-state index contributed by atoms with van der Waals surface area (Å²) in [6, 6.07) is 7.07. The van der Waals surface area contributed by atoms with Crippen LogP contribution in [0, 0.1) is 11.8 Å². The van der Waals surface area contributed by atoms with Gasteiger partial charge in [0, 0.05) is 29.7 Å². The van der Waals surface area contributed by atoms with Crippen molar-refractivity contribution in [3.63, 3.8) is 0 Å². The zero-order valence-electron chi connectivity index (χ0n) is 12.7. The van der Waals surface area contributed by atoms with Crippen LogP contribution in [0.25, 0.3) is 10.9 Å². The van der Waals surface area contributed by atoms with Crippen molar-refractivity contribution in [2.24, 2.45) is 11.8 Å². The number of piperidine rings is 1. The number of likely N-dealkylation sites (tertiary alicyclic amines) is 1. The van der Waals surface area contributed by atoms with Crippen LogP contribution in [0.1, 0.15) is 23.7 Å². The highest BCUT2D eigenvalue weighted by Crippen LogP contribution is 2.28. The van der Waals surface area contributed by atoms with E-state index in [9.17, 15) is 14.7 Å². The van der Waals surface area contributed by atoms with E-state index in [1.165, 1.54) is 0 Å². The number of carbonyl (C=O) groups is 2. The molecule has 1 saturated heterocycles. The monoisotopic (exact) mass is 332 g/mol. The Morgan fingerprint density at radius 1 is 1.39 bits per heavy atom. The van der Waals surface area contributed by atoms with E-state index in [0.29, 0.717) is 35.6 Å². The predicted octanol–water partition coefficient (Wildman–Crippen LogP) is 3.07. The van der Waals surface area contributed by atoms with Crippen LogP contribution in [0.3, 0.4) is 0 Å². The van der Waals surface area contributed by atoms with Gasteiger partial charge >= 0.3 is 5.97 Å². The molecule has 0 saturated carbocycles. The average molecular weight is 333 g/mol. The van der Waals surface area contributed by atoms with Gasteiger partial charge in [0.1, 0.15) is 0 Å². The normalized spacial score (nSPS) is 21.4. The first-order chi connectivity index (χ1) is 11.0. The summed E-state index contributed by atoms with van der Waals surface area (Å²) in [7, 11) is 0. The fraction of sp³-hybridized carbons (Fsp3) is 0.353. The summed E-state index contributed by atoms with van der Waals surface area (Å²) in [5.74, 6) is -1.41. The summed E-state index contributed by atoms with van der Waals surface area (Å²) >= 11 is 6.12. The smallest absolute Gasteiger partial charge is 0.306 e. The molecule has 0 spiro atoms. The van der Waals surface area contributed by atoms with E-state index in [1.807, 2.05) is 13.0 Å². The molecule has 1 fully saturated rings. The molecule has 2 atom stereocenters. The van der Waals surface area contributed by atoms with Crippen molar-refractivity contribution in [3.05, 3.63) is 41.0 Å². The molecule has 2 aromatic rings. The van der Waals surface area contributed by atoms with E-state index in [-0.39, 0.29) is 11.8 Å². The molecule has 5 nitrogen and oxygen atoms in total. The van der Waals surface area contributed by atoms with Crippen LogP contribution < -0.4 is 0 Å². The van der Waals surface area contributed by atoms with E-state index in [0.717, 1.165) is 5.39 Å². The van der Waals surface area contributed by atoms with Crippen LogP contribution in [-0.4, -0.2) is 40.0 Å². The van der Waals surface area contributed by atoms with Gasteiger partial charge in [-0.05, 0) is 30.5 Å². The fourth-order valence-corrected chi connectivity index (χ4v) is 3.41. The van der Waals surface area contributed by atoms with Crippen molar-refractivity contribution in [3.8, 4) is 0 Å². The van der Waals surface area contributed by atoms with Gasteiger partial charge in [-0.2, -0.15) is 0 Å². The number of carbonyl (C=O) groups excluding carboxylic acids is 1. The Labute approximate surface area is 138 Å². The van der Waals surface area contributed by atoms with Crippen molar-refractivity contribution in [2.75, 3.05) is 13.1 Å². The Kier molecular flexibility index (Phi) is 4.22. The lowest BCUT2D eigenvalue weighted by molar-refractivity contribution is -0.145. The van der Waals surface area contributed by atoms with Crippen LogP contribution in [0.5, 0.6) is 0 Å². The molecule has 120 valence electrons. The lowest BCUT2D eigenvalue weighted by atomic mass is 9.86. The molecule has 6 heteroatoms. The second kappa shape index (κ2) is 6.16. The quantitative estimate of drug-likeness (QED) is 0.917. The molecule has 2 unspecified atom stereocenters. The van der Waals surface area contributed by atoms with Gasteiger partial charge in [-0.3, -0.25) is 14.6 Å². The number of halogens is 1. The number of hydrogen-bond acceptors (Lipinski definition) is 3. The van der Waals surface area contributed by atoms with Gasteiger partial charge in [-0.1, -0.05) is 24.6 Å². The predicted molar refractivity (Wildman–Crippen MR) is 87.6 cm³/mol. The number of fused-ring (bicyclic) bond motifs is 1. The molecule has 0 bridgehead atoms. The molecule has 1 aromatic carbocycles. The van der Waals surface area contributed by atoms with Crippen molar-refractivity contribution in [2.45, 2.75) is 13.3 Å². The summed E-state index contributed by atoms with van der Waals surface area (Å²) in [5.41, 5.74) is 1.09. The number of aromatic nitrogens is 1. The molecular weight excluding hydrogens is 316 g/mol. The molecule has 1 N–H and O–H groups in total. The van der Waals surface area contributed by atoms with Gasteiger partial charge in [-0.25, -0.2) is 0 Å². The highest BCUT2D eigenvalue weighted by molar-refractivity contribution is 6.32. The van der Waals surface area contributed by atoms with Gasteiger partial charge < -0.3 is 10.0 Å². The molecule has 23 heavy (non-hydrogen) atoms. The Balaban J connectivity index is 1.91. The first kappa shape index (κ1) is 15.7. The first-order valence-electron chi connectivity index (χ1n) is 7.53. The molecule has 1 aromatic heterocycles. The lowest BCUT2D eigenvalue weighted by Gasteiger charge is -2.35. The van der Waals surface area contributed by atoms with Crippen molar-refractivity contribution < 1.29 is 14.7 Å². The number of carboxylic acids is 1. The number of aliphatic carboxylic acids is 1. The lowest BCUT2D eigenvalue weighted by Crippen LogP contribution is -2.45. The largest absolute Gasteiger partial charge is 0.481 e. The van der Waals surface area contributed by atoms with Crippen LogP contribution in [-0.2, 0) is 4.79 Å². The average Bonchev–Trinajstić information content (AvgIpc) is 2.52. The van der Waals surface area contributed by atoms with Crippen LogP contribution >= 0.6 is 11.6 Å². The van der Waals surface area contributed by atoms with Gasteiger partial charge in [0.25, 0.3) is 5.91 Å². The molecule has 2 heterocycles. The molecule has 1 aliphatic heterocycles. The molecule has 3 rings (SSSR count). The Bertz CT molecular complexity index is 778. The Morgan fingerprint density at radius 2 is 2.17 bits per heavy atom. The second-order valence-corrected chi connectivity index (χ2v) is 6.43. The van der Waals surface area contributed by atoms with Crippen LogP contribution in [0.2, 0.25) is 5.02 Å². The zero-order valence-corrected chi connectivity index (χ0v) is 13.5. The number of rotatable bonds is 2.